The van der Waals surface area contributed by atoms with Gasteiger partial charge in [0, 0.05) is 5.69 Å². The zero-order valence-corrected chi connectivity index (χ0v) is 15.5. The van der Waals surface area contributed by atoms with Crippen molar-refractivity contribution in [2.75, 3.05) is 11.1 Å². The molecule has 1 amide bonds. The van der Waals surface area contributed by atoms with Gasteiger partial charge in [0.05, 0.1) is 17.0 Å². The van der Waals surface area contributed by atoms with Gasteiger partial charge in [-0.2, -0.15) is 5.26 Å². The van der Waals surface area contributed by atoms with E-state index in [2.05, 4.69) is 21.1 Å². The molecule has 1 aliphatic rings. The number of nitriles is 1. The van der Waals surface area contributed by atoms with Gasteiger partial charge < -0.3 is 10.1 Å². The number of nitrogens with zero attached hydrogens (tertiary/aromatic N) is 2. The first kappa shape index (κ1) is 20.0. The monoisotopic (exact) mass is 407 g/mol. The molecule has 1 aromatic heterocycles. The van der Waals surface area contributed by atoms with Crippen molar-refractivity contribution in [2.24, 2.45) is 0 Å². The molecule has 2 aromatic rings. The Morgan fingerprint density at radius 3 is 2.79 bits per heavy atom. The Bertz CT molecular complexity index is 926. The van der Waals surface area contributed by atoms with Crippen LogP contribution in [-0.2, 0) is 17.6 Å². The second-order valence-corrected chi connectivity index (χ2v) is 7.11. The van der Waals surface area contributed by atoms with Crippen molar-refractivity contribution in [3.8, 4) is 11.8 Å². The lowest BCUT2D eigenvalue weighted by molar-refractivity contribution is -0.274. The maximum Gasteiger partial charge on any atom is 0.573 e. The van der Waals surface area contributed by atoms with Crippen molar-refractivity contribution < 1.29 is 22.7 Å². The number of benzene rings is 1. The molecule has 1 heterocycles. The van der Waals surface area contributed by atoms with Gasteiger partial charge in [0.15, 0.2) is 5.75 Å². The zero-order chi connectivity index (χ0) is 20.1. The van der Waals surface area contributed by atoms with Crippen LogP contribution in [0.25, 0.3) is 0 Å². The van der Waals surface area contributed by atoms with Gasteiger partial charge >= 0.3 is 6.36 Å². The first-order valence-corrected chi connectivity index (χ1v) is 9.54. The van der Waals surface area contributed by atoms with Crippen LogP contribution in [0, 0.1) is 11.3 Å². The van der Waals surface area contributed by atoms with E-state index in [-0.39, 0.29) is 11.4 Å². The van der Waals surface area contributed by atoms with Crippen molar-refractivity contribution >= 4 is 23.4 Å². The summed E-state index contributed by atoms with van der Waals surface area (Å²) < 4.78 is 41.3. The van der Waals surface area contributed by atoms with E-state index < -0.39 is 18.0 Å². The van der Waals surface area contributed by atoms with Gasteiger partial charge in [-0.05, 0) is 49.4 Å². The molecular formula is C19H16F3N3O2S. The fraction of sp³-hybridized carbons (Fsp3) is 0.316. The molecule has 0 bridgehead atoms. The number of aromatic nitrogens is 1. The van der Waals surface area contributed by atoms with Crippen LogP contribution in [0.1, 0.15) is 29.7 Å². The summed E-state index contributed by atoms with van der Waals surface area (Å²) in [4.78, 5) is 16.7. The largest absolute Gasteiger partial charge is 0.573 e. The highest BCUT2D eigenvalue weighted by molar-refractivity contribution is 8.00. The number of carbonyl (C=O) groups excluding carboxylic acids is 1. The number of aryl methyl sites for hydroxylation is 2. The molecule has 5 nitrogen and oxygen atoms in total. The number of nitrogens with one attached hydrogen (secondary N) is 1. The highest BCUT2D eigenvalue weighted by atomic mass is 32.2. The Kier molecular flexibility index (Phi) is 6.09. The number of rotatable bonds is 5. The summed E-state index contributed by atoms with van der Waals surface area (Å²) in [7, 11) is 0. The predicted molar refractivity (Wildman–Crippen MR) is 98.1 cm³/mol. The van der Waals surface area contributed by atoms with Crippen molar-refractivity contribution in [2.45, 2.75) is 37.1 Å². The standard InChI is InChI=1S/C19H16F3N3O2S/c20-19(21,22)27-16-8-4-3-7-15(16)24-17(26)11-28-18-13(10-23)9-12-5-1-2-6-14(12)25-18/h3-4,7-9H,1-2,5-6,11H2,(H,24,26). The molecule has 28 heavy (non-hydrogen) atoms. The SMILES string of the molecule is N#Cc1cc2c(nc1SCC(=O)Nc1ccccc1OC(F)(F)F)CCCC2. The number of fused-ring (bicyclic) bond motifs is 1. The molecule has 0 unspecified atom stereocenters. The second kappa shape index (κ2) is 8.52. The van der Waals surface area contributed by atoms with E-state index in [1.54, 1.807) is 0 Å². The number of alkyl halides is 3. The third kappa shape index (κ3) is 5.16. The summed E-state index contributed by atoms with van der Waals surface area (Å²) in [6.45, 7) is 0. The van der Waals surface area contributed by atoms with E-state index in [4.69, 9.17) is 0 Å². The first-order chi connectivity index (χ1) is 13.4. The summed E-state index contributed by atoms with van der Waals surface area (Å²) in [5, 5.41) is 12.2. The van der Waals surface area contributed by atoms with Crippen LogP contribution in [0.2, 0.25) is 0 Å². The molecular weight excluding hydrogens is 391 g/mol. The molecule has 0 aliphatic heterocycles. The highest BCUT2D eigenvalue weighted by Crippen LogP contribution is 2.31. The zero-order valence-electron chi connectivity index (χ0n) is 14.7. The van der Waals surface area contributed by atoms with Crippen LogP contribution in [0.15, 0.2) is 35.4 Å². The molecule has 1 N–H and O–H groups in total. The van der Waals surface area contributed by atoms with E-state index >= 15 is 0 Å². The number of hydrogen-bond donors (Lipinski definition) is 1. The Morgan fingerprint density at radius 2 is 2.04 bits per heavy atom. The number of hydrogen-bond acceptors (Lipinski definition) is 5. The number of halogens is 3. The maximum absolute atomic E-state index is 12.5. The minimum absolute atomic E-state index is 0.0793. The predicted octanol–water partition coefficient (Wildman–Crippen LogP) is 4.46. The normalized spacial score (nSPS) is 13.4. The Balaban J connectivity index is 1.68. The summed E-state index contributed by atoms with van der Waals surface area (Å²) >= 11 is 1.08. The molecule has 0 saturated heterocycles. The fourth-order valence-corrected chi connectivity index (χ4v) is 3.68. The lowest BCUT2D eigenvalue weighted by Crippen LogP contribution is -2.20. The number of para-hydroxylation sites is 2. The van der Waals surface area contributed by atoms with Crippen LogP contribution in [0.3, 0.4) is 0 Å². The van der Waals surface area contributed by atoms with E-state index in [0.29, 0.717) is 10.6 Å². The average Bonchev–Trinajstić information content (AvgIpc) is 2.66. The van der Waals surface area contributed by atoms with Gasteiger partial charge in [0.1, 0.15) is 11.1 Å². The molecule has 9 heteroatoms. The molecule has 0 atom stereocenters. The number of thioether (sulfide) groups is 1. The van der Waals surface area contributed by atoms with E-state index in [1.807, 2.05) is 6.07 Å². The van der Waals surface area contributed by atoms with Crippen LogP contribution in [0.5, 0.6) is 5.75 Å². The number of carbonyl (C=O) groups is 1. The number of amides is 1. The molecule has 0 fully saturated rings. The Morgan fingerprint density at radius 1 is 1.29 bits per heavy atom. The lowest BCUT2D eigenvalue weighted by atomic mass is 9.95. The van der Waals surface area contributed by atoms with Crippen molar-refractivity contribution in [3.05, 3.63) is 47.2 Å². The fourth-order valence-electron chi connectivity index (χ4n) is 2.91. The van der Waals surface area contributed by atoms with Gasteiger partial charge in [-0.1, -0.05) is 23.9 Å². The third-order valence-corrected chi connectivity index (χ3v) is 5.10. The average molecular weight is 407 g/mol. The quantitative estimate of drug-likeness (QED) is 0.741. The minimum Gasteiger partial charge on any atom is -0.404 e. The van der Waals surface area contributed by atoms with Crippen LogP contribution in [-0.4, -0.2) is 23.0 Å². The molecule has 3 rings (SSSR count). The van der Waals surface area contributed by atoms with Gasteiger partial charge in [0.25, 0.3) is 0 Å². The summed E-state index contributed by atoms with van der Waals surface area (Å²) in [5.41, 5.74) is 2.33. The third-order valence-electron chi connectivity index (χ3n) is 4.11. The topological polar surface area (TPSA) is 75.0 Å². The summed E-state index contributed by atoms with van der Waals surface area (Å²) in [6, 6.07) is 9.22. The van der Waals surface area contributed by atoms with Gasteiger partial charge in [-0.15, -0.1) is 13.2 Å². The smallest absolute Gasteiger partial charge is 0.404 e. The number of ether oxygens (including phenoxy) is 1. The maximum atomic E-state index is 12.5. The Labute approximate surface area is 163 Å². The van der Waals surface area contributed by atoms with Crippen molar-refractivity contribution in [1.82, 2.24) is 4.98 Å². The lowest BCUT2D eigenvalue weighted by Gasteiger charge is -2.16. The van der Waals surface area contributed by atoms with E-state index in [9.17, 15) is 23.2 Å². The molecule has 1 aliphatic carbocycles. The molecule has 0 radical (unpaired) electrons. The molecule has 0 spiro atoms. The Hall–Kier alpha value is -2.73. The van der Waals surface area contributed by atoms with Crippen molar-refractivity contribution in [1.29, 1.82) is 5.26 Å². The first-order valence-electron chi connectivity index (χ1n) is 8.56. The molecule has 0 saturated carbocycles. The summed E-state index contributed by atoms with van der Waals surface area (Å²) in [5.74, 6) is -1.11. The van der Waals surface area contributed by atoms with Gasteiger partial charge in [0.2, 0.25) is 5.91 Å². The molecule has 146 valence electrons. The van der Waals surface area contributed by atoms with Crippen LogP contribution in [0.4, 0.5) is 18.9 Å². The molecule has 1 aromatic carbocycles. The number of pyridine rings is 1. The van der Waals surface area contributed by atoms with Crippen LogP contribution < -0.4 is 10.1 Å². The van der Waals surface area contributed by atoms with Crippen molar-refractivity contribution in [3.63, 3.8) is 0 Å². The highest BCUT2D eigenvalue weighted by Gasteiger charge is 2.32. The van der Waals surface area contributed by atoms with E-state index in [0.717, 1.165) is 54.8 Å². The van der Waals surface area contributed by atoms with E-state index in [1.165, 1.54) is 18.2 Å². The van der Waals surface area contributed by atoms with Gasteiger partial charge in [-0.3, -0.25) is 4.79 Å². The van der Waals surface area contributed by atoms with Gasteiger partial charge in [-0.25, -0.2) is 4.98 Å². The van der Waals surface area contributed by atoms with Crippen LogP contribution >= 0.6 is 11.8 Å². The second-order valence-electron chi connectivity index (χ2n) is 6.15. The minimum atomic E-state index is -4.86. The number of anilines is 1. The summed E-state index contributed by atoms with van der Waals surface area (Å²) in [6.07, 6.45) is -1.04.